The van der Waals surface area contributed by atoms with Crippen LogP contribution in [0.1, 0.15) is 47.1 Å². The number of amides is 1. The average Bonchev–Trinajstić information content (AvgIpc) is 2.97. The lowest BCUT2D eigenvalue weighted by Crippen LogP contribution is -2.33. The van der Waals surface area contributed by atoms with E-state index in [0.717, 1.165) is 31.5 Å². The molecule has 0 bridgehead atoms. The molecule has 1 aliphatic rings. The number of benzene rings is 2. The van der Waals surface area contributed by atoms with Gasteiger partial charge in [-0.2, -0.15) is 0 Å². The summed E-state index contributed by atoms with van der Waals surface area (Å²) in [6.45, 7) is 0.663. The van der Waals surface area contributed by atoms with E-state index >= 15 is 0 Å². The number of fused-ring (bicyclic) bond motifs is 2. The summed E-state index contributed by atoms with van der Waals surface area (Å²) in [7, 11) is 0. The third-order valence-corrected chi connectivity index (χ3v) is 5.23. The van der Waals surface area contributed by atoms with E-state index in [4.69, 9.17) is 0 Å². The number of nitrogens with zero attached hydrogens (tertiary/aromatic N) is 2. The minimum Gasteiger partial charge on any atom is -0.479 e. The van der Waals surface area contributed by atoms with Gasteiger partial charge in [-0.15, -0.1) is 0 Å². The maximum absolute atomic E-state index is 12.8. The lowest BCUT2D eigenvalue weighted by molar-refractivity contribution is -0.139. The van der Waals surface area contributed by atoms with E-state index in [1.807, 2.05) is 0 Å². The molecule has 0 saturated heterocycles. The number of aliphatic carboxylic acids is 1. The zero-order chi connectivity index (χ0) is 20.4. The molecule has 0 fully saturated rings. The standard InChI is InChI=1S/C22H21N3O4/c26-20(24-19(22(28)29)14-7-3-1-4-8-14)15-10-11-16-17(13-15)23-18-9-5-2-6-12-25(18)21(16)27/h1,3-4,7-8,10-11,13,19H,2,5-6,9,12H2,(H,24,26)(H,28,29)/t19-/m1/s1. The van der Waals surface area contributed by atoms with Crippen LogP contribution in [0, 0.1) is 0 Å². The SMILES string of the molecule is O=C(N[C@@H](C(=O)O)c1ccccc1)c1ccc2c(=O)n3c(nc2c1)CCCCC3. The van der Waals surface area contributed by atoms with Gasteiger partial charge in [0.25, 0.3) is 11.5 Å². The molecule has 1 amide bonds. The molecule has 0 spiro atoms. The lowest BCUT2D eigenvalue weighted by atomic mass is 10.1. The molecule has 2 N–H and O–H groups in total. The van der Waals surface area contributed by atoms with Crippen LogP contribution in [0.3, 0.4) is 0 Å². The van der Waals surface area contributed by atoms with Crippen molar-refractivity contribution in [2.45, 2.75) is 38.3 Å². The van der Waals surface area contributed by atoms with Crippen LogP contribution in [-0.4, -0.2) is 26.5 Å². The molecule has 0 saturated carbocycles. The summed E-state index contributed by atoms with van der Waals surface area (Å²) in [5, 5.41) is 12.5. The van der Waals surface area contributed by atoms with Crippen molar-refractivity contribution in [3.05, 3.63) is 75.8 Å². The summed E-state index contributed by atoms with van der Waals surface area (Å²) in [6.07, 6.45) is 3.73. The monoisotopic (exact) mass is 391 g/mol. The van der Waals surface area contributed by atoms with Crippen LogP contribution in [0.4, 0.5) is 0 Å². The minimum atomic E-state index is -1.16. The van der Waals surface area contributed by atoms with Gasteiger partial charge in [-0.25, -0.2) is 9.78 Å². The molecule has 0 unspecified atom stereocenters. The Hall–Kier alpha value is -3.48. The Morgan fingerprint density at radius 1 is 1.07 bits per heavy atom. The molecule has 1 aliphatic heterocycles. The number of rotatable bonds is 4. The van der Waals surface area contributed by atoms with Gasteiger partial charge in [0.1, 0.15) is 5.82 Å². The van der Waals surface area contributed by atoms with E-state index in [1.165, 1.54) is 6.07 Å². The van der Waals surface area contributed by atoms with Crippen LogP contribution >= 0.6 is 0 Å². The van der Waals surface area contributed by atoms with Gasteiger partial charge in [-0.1, -0.05) is 36.8 Å². The highest BCUT2D eigenvalue weighted by Gasteiger charge is 2.23. The van der Waals surface area contributed by atoms with Crippen molar-refractivity contribution in [2.75, 3.05) is 0 Å². The second kappa shape index (κ2) is 7.87. The van der Waals surface area contributed by atoms with E-state index in [9.17, 15) is 19.5 Å². The van der Waals surface area contributed by atoms with Gasteiger partial charge in [0, 0.05) is 18.5 Å². The molecule has 148 valence electrons. The fourth-order valence-electron chi connectivity index (χ4n) is 3.71. The highest BCUT2D eigenvalue weighted by molar-refractivity contribution is 5.99. The first kappa shape index (κ1) is 18.9. The molecule has 0 aliphatic carbocycles. The highest BCUT2D eigenvalue weighted by Crippen LogP contribution is 2.18. The van der Waals surface area contributed by atoms with Crippen molar-refractivity contribution in [2.24, 2.45) is 0 Å². The van der Waals surface area contributed by atoms with Crippen molar-refractivity contribution in [1.29, 1.82) is 0 Å². The Morgan fingerprint density at radius 3 is 2.62 bits per heavy atom. The predicted octanol–water partition coefficient (Wildman–Crippen LogP) is 2.68. The molecule has 3 aromatic rings. The van der Waals surface area contributed by atoms with E-state index < -0.39 is 17.9 Å². The Bertz CT molecular complexity index is 1140. The molecule has 7 nitrogen and oxygen atoms in total. The number of carboxylic acid groups (broad SMARTS) is 1. The second-order valence-corrected chi connectivity index (χ2v) is 7.18. The highest BCUT2D eigenvalue weighted by atomic mass is 16.4. The van der Waals surface area contributed by atoms with Gasteiger partial charge < -0.3 is 10.4 Å². The van der Waals surface area contributed by atoms with Crippen molar-refractivity contribution in [1.82, 2.24) is 14.9 Å². The maximum Gasteiger partial charge on any atom is 0.330 e. The van der Waals surface area contributed by atoms with Gasteiger partial charge >= 0.3 is 5.97 Å². The van der Waals surface area contributed by atoms with Gasteiger partial charge in [-0.05, 0) is 36.6 Å². The summed E-state index contributed by atoms with van der Waals surface area (Å²) in [5.41, 5.74) is 1.12. The third kappa shape index (κ3) is 3.76. The molecule has 1 aromatic heterocycles. The van der Waals surface area contributed by atoms with Gasteiger partial charge in [-0.3, -0.25) is 14.2 Å². The number of hydrogen-bond donors (Lipinski definition) is 2. The second-order valence-electron chi connectivity index (χ2n) is 7.18. The van der Waals surface area contributed by atoms with Crippen molar-refractivity contribution < 1.29 is 14.7 Å². The molecule has 29 heavy (non-hydrogen) atoms. The van der Waals surface area contributed by atoms with E-state index in [1.54, 1.807) is 47.0 Å². The number of nitrogens with one attached hydrogen (secondary N) is 1. The fraction of sp³-hybridized carbons (Fsp3) is 0.273. The molecule has 4 rings (SSSR count). The number of carboxylic acids is 1. The molecular weight excluding hydrogens is 370 g/mol. The molecule has 2 aromatic carbocycles. The largest absolute Gasteiger partial charge is 0.479 e. The Balaban J connectivity index is 1.68. The van der Waals surface area contributed by atoms with Crippen LogP contribution in [0.25, 0.3) is 10.9 Å². The average molecular weight is 391 g/mol. The summed E-state index contributed by atoms with van der Waals surface area (Å²) in [4.78, 5) is 41.8. The number of carbonyl (C=O) groups excluding carboxylic acids is 1. The number of aryl methyl sites for hydroxylation is 1. The Kier molecular flexibility index (Phi) is 5.12. The van der Waals surface area contributed by atoms with Crippen molar-refractivity contribution >= 4 is 22.8 Å². The summed E-state index contributed by atoms with van der Waals surface area (Å²) >= 11 is 0. The normalized spacial score (nSPS) is 14.6. The first-order valence-corrected chi connectivity index (χ1v) is 9.66. The van der Waals surface area contributed by atoms with Crippen LogP contribution < -0.4 is 10.9 Å². The smallest absolute Gasteiger partial charge is 0.330 e. The summed E-state index contributed by atoms with van der Waals surface area (Å²) < 4.78 is 1.73. The first-order valence-electron chi connectivity index (χ1n) is 9.66. The van der Waals surface area contributed by atoms with Crippen LogP contribution in [0.5, 0.6) is 0 Å². The van der Waals surface area contributed by atoms with Gasteiger partial charge in [0.15, 0.2) is 6.04 Å². The topological polar surface area (TPSA) is 101 Å². The predicted molar refractivity (Wildman–Crippen MR) is 108 cm³/mol. The zero-order valence-corrected chi connectivity index (χ0v) is 15.8. The Labute approximate surface area is 167 Å². The zero-order valence-electron chi connectivity index (χ0n) is 15.8. The van der Waals surface area contributed by atoms with E-state index in [0.29, 0.717) is 23.0 Å². The third-order valence-electron chi connectivity index (χ3n) is 5.23. The van der Waals surface area contributed by atoms with Gasteiger partial charge in [0.2, 0.25) is 0 Å². The number of hydrogen-bond acceptors (Lipinski definition) is 4. The summed E-state index contributed by atoms with van der Waals surface area (Å²) in [6, 6.07) is 12.0. The molecule has 1 atom stereocenters. The fourth-order valence-corrected chi connectivity index (χ4v) is 3.71. The number of carbonyl (C=O) groups is 2. The van der Waals surface area contributed by atoms with Gasteiger partial charge in [0.05, 0.1) is 10.9 Å². The first-order chi connectivity index (χ1) is 14.0. The van der Waals surface area contributed by atoms with Crippen molar-refractivity contribution in [3.63, 3.8) is 0 Å². The van der Waals surface area contributed by atoms with Crippen LogP contribution in [0.2, 0.25) is 0 Å². The maximum atomic E-state index is 12.8. The minimum absolute atomic E-state index is 0.0912. The quantitative estimate of drug-likeness (QED) is 0.712. The molecule has 2 heterocycles. The molecule has 0 radical (unpaired) electrons. The summed E-state index contributed by atoms with van der Waals surface area (Å²) in [5.74, 6) is -0.933. The van der Waals surface area contributed by atoms with Crippen LogP contribution in [0.15, 0.2) is 53.3 Å². The molecule has 7 heteroatoms. The van der Waals surface area contributed by atoms with Crippen LogP contribution in [-0.2, 0) is 17.8 Å². The van der Waals surface area contributed by atoms with Crippen molar-refractivity contribution in [3.8, 4) is 0 Å². The number of aromatic nitrogens is 2. The van der Waals surface area contributed by atoms with E-state index in [2.05, 4.69) is 10.3 Å². The molecular formula is C22H21N3O4. The van der Waals surface area contributed by atoms with E-state index in [-0.39, 0.29) is 11.1 Å². The lowest BCUT2D eigenvalue weighted by Gasteiger charge is -2.15. The Morgan fingerprint density at radius 2 is 1.86 bits per heavy atom.